The molecule has 0 fully saturated rings. The zero-order valence-corrected chi connectivity index (χ0v) is 13.1. The quantitative estimate of drug-likeness (QED) is 0.811. The highest BCUT2D eigenvalue weighted by molar-refractivity contribution is 9.10. The highest BCUT2D eigenvalue weighted by Crippen LogP contribution is 2.31. The van der Waals surface area contributed by atoms with E-state index in [9.17, 15) is 28.2 Å². The van der Waals surface area contributed by atoms with Crippen LogP contribution in [0.2, 0.25) is 0 Å². The second-order valence-corrected chi connectivity index (χ2v) is 6.20. The van der Waals surface area contributed by atoms with Crippen LogP contribution in [0.5, 0.6) is 5.75 Å². The molecule has 1 rings (SSSR count). The molecule has 2 N–H and O–H groups in total. The number of aliphatic hydroxyl groups excluding tert-OH is 2. The number of hydrogen-bond donors (Lipinski definition) is 2. The maximum Gasteiger partial charge on any atom is 0.573 e. The molecule has 0 bridgehead atoms. The Morgan fingerprint density at radius 3 is 2.52 bits per heavy atom. The van der Waals surface area contributed by atoms with Gasteiger partial charge in [0.1, 0.15) is 11.9 Å². The van der Waals surface area contributed by atoms with E-state index in [4.69, 9.17) is 0 Å². The van der Waals surface area contributed by atoms with E-state index in [2.05, 4.69) is 20.7 Å². The van der Waals surface area contributed by atoms with Gasteiger partial charge in [0.15, 0.2) is 5.12 Å². The van der Waals surface area contributed by atoms with E-state index in [0.29, 0.717) is 0 Å². The molecule has 0 radical (unpaired) electrons. The minimum Gasteiger partial charge on any atom is -0.406 e. The molecule has 0 saturated carbocycles. The molecule has 0 amide bonds. The molecule has 0 heterocycles. The summed E-state index contributed by atoms with van der Waals surface area (Å²) >= 11 is 3.81. The van der Waals surface area contributed by atoms with Crippen LogP contribution in [0, 0.1) is 0 Å². The fraction of sp³-hybridized carbons (Fsp3) is 0.417. The molecule has 9 heteroatoms. The summed E-state index contributed by atoms with van der Waals surface area (Å²) in [5, 5.41) is 19.4. The molecule has 0 aliphatic rings. The van der Waals surface area contributed by atoms with Crippen molar-refractivity contribution in [3.8, 4) is 5.75 Å². The minimum absolute atomic E-state index is 0.0419. The number of halogens is 4. The van der Waals surface area contributed by atoms with Gasteiger partial charge in [-0.15, -0.1) is 13.2 Å². The first-order valence-corrected chi connectivity index (χ1v) is 7.42. The highest BCUT2D eigenvalue weighted by atomic mass is 79.9. The lowest BCUT2D eigenvalue weighted by Crippen LogP contribution is -2.22. The van der Waals surface area contributed by atoms with E-state index in [1.54, 1.807) is 0 Å². The van der Waals surface area contributed by atoms with Crippen LogP contribution in [0.3, 0.4) is 0 Å². The molecule has 2 atom stereocenters. The number of carbonyl (C=O) groups is 1. The smallest absolute Gasteiger partial charge is 0.406 e. The van der Waals surface area contributed by atoms with Crippen LogP contribution in [-0.4, -0.2) is 33.5 Å². The van der Waals surface area contributed by atoms with E-state index in [0.717, 1.165) is 23.9 Å². The lowest BCUT2D eigenvalue weighted by Gasteiger charge is -2.19. The van der Waals surface area contributed by atoms with Crippen LogP contribution < -0.4 is 4.74 Å². The Kier molecular flexibility index (Phi) is 6.51. The van der Waals surface area contributed by atoms with Crippen molar-refractivity contribution >= 4 is 32.8 Å². The van der Waals surface area contributed by atoms with E-state index in [-0.39, 0.29) is 20.9 Å². The maximum atomic E-state index is 12.2. The Morgan fingerprint density at radius 2 is 2.00 bits per heavy atom. The summed E-state index contributed by atoms with van der Waals surface area (Å²) in [6, 6.07) is 3.42. The maximum absolute atomic E-state index is 12.2. The van der Waals surface area contributed by atoms with Gasteiger partial charge >= 0.3 is 6.36 Å². The first-order chi connectivity index (χ1) is 9.58. The lowest BCUT2D eigenvalue weighted by atomic mass is 10.1. The van der Waals surface area contributed by atoms with E-state index < -0.39 is 24.3 Å². The highest BCUT2D eigenvalue weighted by Gasteiger charge is 2.31. The summed E-state index contributed by atoms with van der Waals surface area (Å²) in [5.74, 6) is -0.587. The fourth-order valence-electron chi connectivity index (χ4n) is 1.46. The monoisotopic (exact) mass is 388 g/mol. The van der Waals surface area contributed by atoms with Crippen LogP contribution in [0.4, 0.5) is 13.2 Å². The van der Waals surface area contributed by atoms with Crippen LogP contribution >= 0.6 is 27.7 Å². The molecule has 1 aromatic rings. The third kappa shape index (κ3) is 6.68. The van der Waals surface area contributed by atoms with Gasteiger partial charge in [-0.25, -0.2) is 0 Å². The third-order valence-electron chi connectivity index (χ3n) is 2.29. The molecule has 0 aromatic heterocycles. The Hall–Kier alpha value is -0.770. The van der Waals surface area contributed by atoms with Gasteiger partial charge in [0.25, 0.3) is 0 Å². The van der Waals surface area contributed by atoms with Gasteiger partial charge in [0.05, 0.1) is 6.10 Å². The van der Waals surface area contributed by atoms with Crippen molar-refractivity contribution in [2.75, 3.05) is 5.75 Å². The lowest BCUT2D eigenvalue weighted by molar-refractivity contribution is -0.274. The largest absolute Gasteiger partial charge is 0.573 e. The van der Waals surface area contributed by atoms with Crippen molar-refractivity contribution in [2.45, 2.75) is 25.5 Å². The molecule has 21 heavy (non-hydrogen) atoms. The number of thioether (sulfide) groups is 1. The third-order valence-corrected chi connectivity index (χ3v) is 3.66. The summed E-state index contributed by atoms with van der Waals surface area (Å²) in [6.45, 7) is 1.30. The second-order valence-electron chi connectivity index (χ2n) is 4.08. The molecular weight excluding hydrogens is 377 g/mol. The van der Waals surface area contributed by atoms with Crippen LogP contribution in [0.15, 0.2) is 22.7 Å². The first-order valence-electron chi connectivity index (χ1n) is 5.64. The summed E-state index contributed by atoms with van der Waals surface area (Å²) < 4.78 is 40.6. The van der Waals surface area contributed by atoms with Gasteiger partial charge in [-0.1, -0.05) is 27.7 Å². The SMILES string of the molecule is CC(=O)SCC(O)C(O)c1cc(Br)cc(OC(F)(F)F)c1. The summed E-state index contributed by atoms with van der Waals surface area (Å²) in [4.78, 5) is 10.8. The average Bonchev–Trinajstić information content (AvgIpc) is 2.32. The fourth-order valence-corrected chi connectivity index (χ4v) is 2.54. The summed E-state index contributed by atoms with van der Waals surface area (Å²) in [6.07, 6.45) is -7.59. The Balaban J connectivity index is 2.88. The number of hydrogen-bond acceptors (Lipinski definition) is 5. The van der Waals surface area contributed by atoms with Crippen molar-refractivity contribution in [1.29, 1.82) is 0 Å². The van der Waals surface area contributed by atoms with Crippen LogP contribution in [0.25, 0.3) is 0 Å². The van der Waals surface area contributed by atoms with Gasteiger partial charge in [0, 0.05) is 17.1 Å². The minimum atomic E-state index is -4.86. The molecule has 2 unspecified atom stereocenters. The van der Waals surface area contributed by atoms with Crippen molar-refractivity contribution in [3.05, 3.63) is 28.2 Å². The van der Waals surface area contributed by atoms with Gasteiger partial charge in [-0.05, 0) is 23.8 Å². The van der Waals surface area contributed by atoms with Gasteiger partial charge < -0.3 is 14.9 Å². The summed E-state index contributed by atoms with van der Waals surface area (Å²) in [7, 11) is 0. The Labute approximate surface area is 131 Å². The van der Waals surface area contributed by atoms with E-state index in [1.165, 1.54) is 13.0 Å². The zero-order chi connectivity index (χ0) is 16.2. The van der Waals surface area contributed by atoms with Crippen molar-refractivity contribution in [1.82, 2.24) is 0 Å². The van der Waals surface area contributed by atoms with E-state index in [1.807, 2.05) is 0 Å². The Morgan fingerprint density at radius 1 is 1.38 bits per heavy atom. The Bertz CT molecular complexity index is 510. The van der Waals surface area contributed by atoms with Crippen molar-refractivity contribution < 1.29 is 32.9 Å². The van der Waals surface area contributed by atoms with Crippen molar-refractivity contribution in [2.24, 2.45) is 0 Å². The standard InChI is InChI=1S/C12H12BrF3O4S/c1-6(17)21-5-10(18)11(19)7-2-8(13)4-9(3-7)20-12(14,15)16/h2-4,10-11,18-19H,5H2,1H3. The first kappa shape index (κ1) is 18.3. The molecule has 0 saturated heterocycles. The average molecular weight is 389 g/mol. The zero-order valence-electron chi connectivity index (χ0n) is 10.7. The number of rotatable bonds is 5. The van der Waals surface area contributed by atoms with E-state index >= 15 is 0 Å². The number of alkyl halides is 3. The second kappa shape index (κ2) is 7.48. The van der Waals surface area contributed by atoms with Gasteiger partial charge in [-0.3, -0.25) is 4.79 Å². The predicted molar refractivity (Wildman–Crippen MR) is 74.9 cm³/mol. The van der Waals surface area contributed by atoms with Crippen LogP contribution in [-0.2, 0) is 4.79 Å². The number of carbonyl (C=O) groups excluding carboxylic acids is 1. The normalized spacial score (nSPS) is 14.6. The van der Waals surface area contributed by atoms with Crippen LogP contribution in [0.1, 0.15) is 18.6 Å². The molecular formula is C12H12BrF3O4S. The molecule has 4 nitrogen and oxygen atoms in total. The van der Waals surface area contributed by atoms with Crippen molar-refractivity contribution in [3.63, 3.8) is 0 Å². The number of aliphatic hydroxyl groups is 2. The molecule has 1 aromatic carbocycles. The molecule has 118 valence electrons. The summed E-state index contributed by atoms with van der Waals surface area (Å²) in [5.41, 5.74) is 0.0419. The number of ether oxygens (including phenoxy) is 1. The van der Waals surface area contributed by atoms with Gasteiger partial charge in [0.2, 0.25) is 0 Å². The topological polar surface area (TPSA) is 66.8 Å². The van der Waals surface area contributed by atoms with Gasteiger partial charge in [-0.2, -0.15) is 0 Å². The predicted octanol–water partition coefficient (Wildman–Crippen LogP) is 3.02. The molecule has 0 aliphatic heterocycles. The molecule has 0 spiro atoms. The molecule has 0 aliphatic carbocycles. The number of benzene rings is 1.